The van der Waals surface area contributed by atoms with Gasteiger partial charge in [0.25, 0.3) is 5.56 Å². The highest BCUT2D eigenvalue weighted by Crippen LogP contribution is 2.43. The van der Waals surface area contributed by atoms with Crippen LogP contribution in [0.3, 0.4) is 0 Å². The highest BCUT2D eigenvalue weighted by Gasteiger charge is 2.41. The van der Waals surface area contributed by atoms with Gasteiger partial charge in [-0.1, -0.05) is 23.4 Å². The summed E-state index contributed by atoms with van der Waals surface area (Å²) in [6, 6.07) is 3.64. The first-order valence-corrected chi connectivity index (χ1v) is 13.6. The lowest BCUT2D eigenvalue weighted by Crippen LogP contribution is -2.41. The van der Waals surface area contributed by atoms with E-state index in [1.807, 2.05) is 12.3 Å². The molecular weight excluding hydrogens is 514 g/mol. The molecule has 0 amide bonds. The van der Waals surface area contributed by atoms with E-state index < -0.39 is 0 Å². The summed E-state index contributed by atoms with van der Waals surface area (Å²) in [5.41, 5.74) is 1.95. The van der Waals surface area contributed by atoms with Crippen molar-refractivity contribution in [1.82, 2.24) is 29.7 Å². The zero-order valence-corrected chi connectivity index (χ0v) is 22.3. The summed E-state index contributed by atoms with van der Waals surface area (Å²) in [5, 5.41) is 8.84. The van der Waals surface area contributed by atoms with Gasteiger partial charge in [-0.2, -0.15) is 5.10 Å². The normalized spacial score (nSPS) is 19.4. The maximum Gasteiger partial charge on any atom is 0.262 e. The van der Waals surface area contributed by atoms with Gasteiger partial charge < -0.3 is 14.4 Å². The Hall–Kier alpha value is -2.73. The van der Waals surface area contributed by atoms with E-state index in [-0.39, 0.29) is 5.56 Å². The van der Waals surface area contributed by atoms with Crippen molar-refractivity contribution in [2.45, 2.75) is 48.8 Å². The van der Waals surface area contributed by atoms with Crippen LogP contribution < -0.4 is 10.5 Å². The molecule has 0 saturated carbocycles. The summed E-state index contributed by atoms with van der Waals surface area (Å²) < 4.78 is 12.5. The minimum Gasteiger partial charge on any atom is -0.383 e. The molecule has 1 spiro atoms. The molecular formula is C25H28ClN7O3S. The maximum absolute atomic E-state index is 13.0. The molecule has 2 saturated heterocycles. The van der Waals surface area contributed by atoms with Crippen LogP contribution in [-0.2, 0) is 16.0 Å². The number of methoxy groups -OCH3 is 1. The molecule has 2 aliphatic rings. The molecule has 0 radical (unpaired) electrons. The minimum atomic E-state index is -0.201. The van der Waals surface area contributed by atoms with Crippen molar-refractivity contribution in [2.24, 2.45) is 5.41 Å². The quantitative estimate of drug-likeness (QED) is 0.388. The summed E-state index contributed by atoms with van der Waals surface area (Å²) in [6.07, 6.45) is 7.03. The van der Waals surface area contributed by atoms with Crippen LogP contribution in [0.1, 0.15) is 26.2 Å². The van der Waals surface area contributed by atoms with Gasteiger partial charge in [0.15, 0.2) is 10.7 Å². The van der Waals surface area contributed by atoms with Gasteiger partial charge in [-0.15, -0.1) is 0 Å². The van der Waals surface area contributed by atoms with Crippen molar-refractivity contribution in [3.63, 3.8) is 0 Å². The summed E-state index contributed by atoms with van der Waals surface area (Å²) in [5.74, 6) is 0.848. The number of rotatable bonds is 6. The third-order valence-corrected chi connectivity index (χ3v) is 8.95. The van der Waals surface area contributed by atoms with Crippen LogP contribution in [-0.4, -0.2) is 69.2 Å². The molecule has 1 atom stereocenters. The molecule has 12 heteroatoms. The third kappa shape index (κ3) is 4.58. The first-order valence-electron chi connectivity index (χ1n) is 12.4. The average molecular weight is 542 g/mol. The van der Waals surface area contributed by atoms with Crippen molar-refractivity contribution >= 4 is 51.2 Å². The fraction of sp³-hybridized carbons (Fsp3) is 0.480. The number of aromatic nitrogens is 6. The average Bonchev–Trinajstić information content (AvgIpc) is 3.48. The smallest absolute Gasteiger partial charge is 0.262 e. The van der Waals surface area contributed by atoms with Crippen LogP contribution >= 0.6 is 23.4 Å². The van der Waals surface area contributed by atoms with Crippen LogP contribution in [0.15, 0.2) is 39.4 Å². The van der Waals surface area contributed by atoms with Gasteiger partial charge in [0.1, 0.15) is 11.3 Å². The third-order valence-electron chi connectivity index (χ3n) is 7.41. The Morgan fingerprint density at radius 3 is 2.89 bits per heavy atom. The Labute approximate surface area is 222 Å². The van der Waals surface area contributed by atoms with Gasteiger partial charge in [-0.25, -0.2) is 15.0 Å². The standard InChI is InChI=1S/C25H28ClN7O3S/c1-15-11-25(13-36-15)5-7-32(8-6-25)18-12-27-21-22(29-18)30-31-23(21)37-17-4-3-16-19(20(17)26)24(34)33(14-28-16)9-10-35-2/h3-4,12,14-15H,5-11,13H2,1-2H3,(H,29,30,31)/t15-/m0/s1. The Morgan fingerprint density at radius 1 is 1.30 bits per heavy atom. The molecule has 37 heavy (non-hydrogen) atoms. The van der Waals surface area contributed by atoms with Gasteiger partial charge in [0.05, 0.1) is 54.3 Å². The SMILES string of the molecule is COCCn1cnc2ccc(Sc3n[nH]c4nc(N5CCC6(CC5)CO[C@@H](C)C6)cnc34)c(Cl)c2c1=O. The van der Waals surface area contributed by atoms with E-state index in [9.17, 15) is 4.79 Å². The molecule has 1 aromatic carbocycles. The highest BCUT2D eigenvalue weighted by molar-refractivity contribution is 7.99. The van der Waals surface area contributed by atoms with Crippen molar-refractivity contribution in [2.75, 3.05) is 38.3 Å². The largest absolute Gasteiger partial charge is 0.383 e. The van der Waals surface area contributed by atoms with Crippen molar-refractivity contribution in [1.29, 1.82) is 0 Å². The highest BCUT2D eigenvalue weighted by atomic mass is 35.5. The van der Waals surface area contributed by atoms with E-state index >= 15 is 0 Å². The summed E-state index contributed by atoms with van der Waals surface area (Å²) in [4.78, 5) is 29.9. The number of benzene rings is 1. The molecule has 2 aliphatic heterocycles. The summed E-state index contributed by atoms with van der Waals surface area (Å²) >= 11 is 8.06. The number of piperidine rings is 1. The van der Waals surface area contributed by atoms with Gasteiger partial charge in [-0.05, 0) is 43.7 Å². The second-order valence-electron chi connectivity index (χ2n) is 9.88. The van der Waals surface area contributed by atoms with Crippen LogP contribution in [0.5, 0.6) is 0 Å². The fourth-order valence-electron chi connectivity index (χ4n) is 5.32. The number of ether oxygens (including phenoxy) is 2. The molecule has 4 aromatic rings. The van der Waals surface area contributed by atoms with E-state index in [1.54, 1.807) is 13.2 Å². The first-order chi connectivity index (χ1) is 18.0. The van der Waals surface area contributed by atoms with Gasteiger partial charge in [-0.3, -0.25) is 14.5 Å². The summed E-state index contributed by atoms with van der Waals surface area (Å²) in [6.45, 7) is 5.71. The lowest BCUT2D eigenvalue weighted by molar-refractivity contribution is 0.0976. The first kappa shape index (κ1) is 24.6. The van der Waals surface area contributed by atoms with Crippen LogP contribution in [0.4, 0.5) is 5.82 Å². The molecule has 0 bridgehead atoms. The van der Waals surface area contributed by atoms with E-state index in [0.29, 0.717) is 61.7 Å². The Kier molecular flexibility index (Phi) is 6.56. The topological polar surface area (TPSA) is 111 Å². The Morgan fingerprint density at radius 2 is 2.14 bits per heavy atom. The fourth-order valence-corrected chi connectivity index (χ4v) is 6.55. The molecule has 10 nitrogen and oxygen atoms in total. The second kappa shape index (κ2) is 9.86. The van der Waals surface area contributed by atoms with E-state index in [1.165, 1.54) is 22.7 Å². The zero-order chi connectivity index (χ0) is 25.6. The molecule has 1 N–H and O–H groups in total. The lowest BCUT2D eigenvalue weighted by Gasteiger charge is -2.38. The van der Waals surface area contributed by atoms with Gasteiger partial charge in [0, 0.05) is 25.1 Å². The predicted octanol–water partition coefficient (Wildman–Crippen LogP) is 3.91. The summed E-state index contributed by atoms with van der Waals surface area (Å²) in [7, 11) is 1.59. The van der Waals surface area contributed by atoms with Crippen molar-refractivity contribution in [3.05, 3.63) is 40.0 Å². The molecule has 5 heterocycles. The number of hydrogen-bond donors (Lipinski definition) is 1. The number of nitrogens with one attached hydrogen (secondary N) is 1. The monoisotopic (exact) mass is 541 g/mol. The number of halogens is 1. The number of aromatic amines is 1. The molecule has 3 aromatic heterocycles. The predicted molar refractivity (Wildman–Crippen MR) is 143 cm³/mol. The number of H-pyrrole nitrogens is 1. The molecule has 194 valence electrons. The van der Waals surface area contributed by atoms with Crippen LogP contribution in [0, 0.1) is 5.41 Å². The second-order valence-corrected chi connectivity index (χ2v) is 11.3. The van der Waals surface area contributed by atoms with Gasteiger partial charge in [0.2, 0.25) is 0 Å². The molecule has 6 rings (SSSR count). The Bertz CT molecular complexity index is 1520. The maximum atomic E-state index is 13.0. The lowest BCUT2D eigenvalue weighted by atomic mass is 9.77. The number of nitrogens with zero attached hydrogens (tertiary/aromatic N) is 6. The molecule has 2 fully saturated rings. The molecule has 0 unspecified atom stereocenters. The number of fused-ring (bicyclic) bond motifs is 2. The van der Waals surface area contributed by atoms with Crippen LogP contribution in [0.2, 0.25) is 5.02 Å². The molecule has 0 aliphatic carbocycles. The van der Waals surface area contributed by atoms with E-state index in [4.69, 9.17) is 31.0 Å². The Balaban J connectivity index is 1.23. The van der Waals surface area contributed by atoms with Crippen LogP contribution in [0.25, 0.3) is 22.1 Å². The number of hydrogen-bond acceptors (Lipinski definition) is 9. The minimum absolute atomic E-state index is 0.201. The van der Waals surface area contributed by atoms with Crippen molar-refractivity contribution < 1.29 is 9.47 Å². The number of anilines is 1. The van der Waals surface area contributed by atoms with E-state index in [0.717, 1.165) is 44.8 Å². The zero-order valence-electron chi connectivity index (χ0n) is 20.7. The van der Waals surface area contributed by atoms with Gasteiger partial charge >= 0.3 is 0 Å². The van der Waals surface area contributed by atoms with Crippen molar-refractivity contribution in [3.8, 4) is 0 Å². The van der Waals surface area contributed by atoms with E-state index in [2.05, 4.69) is 27.0 Å².